The van der Waals surface area contributed by atoms with Crippen molar-refractivity contribution in [1.82, 2.24) is 20.3 Å². The predicted octanol–water partition coefficient (Wildman–Crippen LogP) is 1.93. The van der Waals surface area contributed by atoms with E-state index >= 15 is 0 Å². The Bertz CT molecular complexity index is 524. The number of aromatic nitrogens is 3. The monoisotopic (exact) mass is 247 g/mol. The van der Waals surface area contributed by atoms with Gasteiger partial charge in [0.15, 0.2) is 5.65 Å². The van der Waals surface area contributed by atoms with E-state index in [1.54, 1.807) is 0 Å². The third kappa shape index (κ3) is 3.20. The van der Waals surface area contributed by atoms with Crippen LogP contribution in [-0.2, 0) is 6.42 Å². The Morgan fingerprint density at radius 1 is 1.22 bits per heavy atom. The molecule has 0 unspecified atom stereocenters. The van der Waals surface area contributed by atoms with Crippen molar-refractivity contribution in [3.8, 4) is 0 Å². The molecule has 0 spiro atoms. The van der Waals surface area contributed by atoms with Crippen molar-refractivity contribution in [3.63, 3.8) is 0 Å². The molecule has 0 aliphatic carbocycles. The molecule has 98 valence electrons. The van der Waals surface area contributed by atoms with E-state index in [4.69, 9.17) is 0 Å². The van der Waals surface area contributed by atoms with Crippen molar-refractivity contribution in [2.75, 3.05) is 18.9 Å². The van der Waals surface area contributed by atoms with Gasteiger partial charge in [-0.2, -0.15) is 0 Å². The highest BCUT2D eigenvalue weighted by molar-refractivity contribution is 5.72. The summed E-state index contributed by atoms with van der Waals surface area (Å²) >= 11 is 0. The molecule has 0 aliphatic heterocycles. The molecule has 5 heteroatoms. The highest BCUT2D eigenvalue weighted by Crippen LogP contribution is 2.12. The minimum absolute atomic E-state index is 0.142. The van der Waals surface area contributed by atoms with Crippen LogP contribution < -0.4 is 10.6 Å². The number of hydrogen-bond donors (Lipinski definition) is 3. The van der Waals surface area contributed by atoms with Gasteiger partial charge in [-0.3, -0.25) is 0 Å². The maximum absolute atomic E-state index is 4.49. The van der Waals surface area contributed by atoms with Gasteiger partial charge in [0.2, 0.25) is 0 Å². The number of aromatic amines is 1. The molecular weight excluding hydrogens is 226 g/mol. The number of H-pyrrole nitrogens is 1. The predicted molar refractivity (Wildman–Crippen MR) is 74.9 cm³/mol. The number of imidazole rings is 1. The highest BCUT2D eigenvalue weighted by Gasteiger charge is 2.09. The van der Waals surface area contributed by atoms with Gasteiger partial charge in [-0.15, -0.1) is 0 Å². The summed E-state index contributed by atoms with van der Waals surface area (Å²) in [6.45, 7) is 7.38. The first-order valence-corrected chi connectivity index (χ1v) is 6.26. The quantitative estimate of drug-likeness (QED) is 0.772. The molecule has 5 nitrogen and oxygen atoms in total. The smallest absolute Gasteiger partial charge is 0.179 e. The normalized spacial score (nSPS) is 12.0. The summed E-state index contributed by atoms with van der Waals surface area (Å²) in [5, 5.41) is 6.46. The second-order valence-electron chi connectivity index (χ2n) is 5.43. The van der Waals surface area contributed by atoms with Crippen molar-refractivity contribution in [2.45, 2.75) is 32.7 Å². The molecule has 0 atom stereocenters. The molecule has 2 aromatic rings. The maximum atomic E-state index is 4.49. The average molecular weight is 247 g/mol. The molecule has 0 saturated carbocycles. The standard InChI is InChI=1S/C13H21N5/c1-13(2,3)15-8-7-11-16-9-5-6-10(14-4)17-12(9)18-11/h5-6,15H,7-8H2,1-4H3,(H2,14,16,17,18). The molecule has 2 heterocycles. The van der Waals surface area contributed by atoms with Crippen molar-refractivity contribution in [2.24, 2.45) is 0 Å². The van der Waals surface area contributed by atoms with E-state index in [2.05, 4.69) is 46.4 Å². The van der Waals surface area contributed by atoms with E-state index in [-0.39, 0.29) is 5.54 Å². The molecule has 0 radical (unpaired) electrons. The number of fused-ring (bicyclic) bond motifs is 1. The van der Waals surface area contributed by atoms with Gasteiger partial charge in [0.05, 0.1) is 5.52 Å². The fourth-order valence-electron chi connectivity index (χ4n) is 1.76. The summed E-state index contributed by atoms with van der Waals surface area (Å²) in [5.74, 6) is 1.82. The molecule has 0 fully saturated rings. The highest BCUT2D eigenvalue weighted by atomic mass is 15.0. The van der Waals surface area contributed by atoms with Crippen LogP contribution in [0.5, 0.6) is 0 Å². The molecule has 3 N–H and O–H groups in total. The number of nitrogens with one attached hydrogen (secondary N) is 3. The van der Waals surface area contributed by atoms with E-state index in [1.807, 2.05) is 19.2 Å². The Kier molecular flexibility index (Phi) is 3.52. The zero-order valence-corrected chi connectivity index (χ0v) is 11.5. The molecule has 2 aromatic heterocycles. The lowest BCUT2D eigenvalue weighted by atomic mass is 10.1. The first kappa shape index (κ1) is 12.8. The molecule has 0 aromatic carbocycles. The van der Waals surface area contributed by atoms with Crippen molar-refractivity contribution >= 4 is 17.0 Å². The van der Waals surface area contributed by atoms with E-state index in [9.17, 15) is 0 Å². The van der Waals surface area contributed by atoms with Gasteiger partial charge >= 0.3 is 0 Å². The van der Waals surface area contributed by atoms with Crippen molar-refractivity contribution in [3.05, 3.63) is 18.0 Å². The summed E-state index contributed by atoms with van der Waals surface area (Å²) in [5.41, 5.74) is 1.90. The zero-order chi connectivity index (χ0) is 13.2. The number of rotatable bonds is 4. The Balaban J connectivity index is 2.06. The van der Waals surface area contributed by atoms with Gasteiger partial charge in [0.1, 0.15) is 11.6 Å². The Labute approximate surface area is 107 Å². The SMILES string of the molecule is CNc1ccc2[nH]c(CCNC(C)(C)C)nc2n1. The first-order valence-electron chi connectivity index (χ1n) is 6.26. The fourth-order valence-corrected chi connectivity index (χ4v) is 1.76. The summed E-state index contributed by atoms with van der Waals surface area (Å²) in [4.78, 5) is 12.2. The van der Waals surface area contributed by atoms with Gasteiger partial charge in [0, 0.05) is 25.6 Å². The Morgan fingerprint density at radius 2 is 2.00 bits per heavy atom. The Morgan fingerprint density at radius 3 is 2.67 bits per heavy atom. The van der Waals surface area contributed by atoms with Crippen LogP contribution in [0.15, 0.2) is 12.1 Å². The molecule has 0 saturated heterocycles. The summed E-state index contributed by atoms with van der Waals surface area (Å²) < 4.78 is 0. The lowest BCUT2D eigenvalue weighted by Gasteiger charge is -2.19. The molecule has 0 aliphatic rings. The topological polar surface area (TPSA) is 65.6 Å². The second-order valence-corrected chi connectivity index (χ2v) is 5.43. The van der Waals surface area contributed by atoms with E-state index in [0.29, 0.717) is 0 Å². The van der Waals surface area contributed by atoms with Gasteiger partial charge in [-0.1, -0.05) is 0 Å². The molecule has 0 bridgehead atoms. The van der Waals surface area contributed by atoms with Gasteiger partial charge in [-0.25, -0.2) is 9.97 Å². The number of pyridine rings is 1. The Hall–Kier alpha value is -1.62. The molecular formula is C13H21N5. The lowest BCUT2D eigenvalue weighted by molar-refractivity contribution is 0.428. The van der Waals surface area contributed by atoms with Crippen LogP contribution in [0.2, 0.25) is 0 Å². The van der Waals surface area contributed by atoms with Gasteiger partial charge in [-0.05, 0) is 32.9 Å². The first-order chi connectivity index (χ1) is 8.48. The van der Waals surface area contributed by atoms with Crippen LogP contribution in [0.3, 0.4) is 0 Å². The van der Waals surface area contributed by atoms with Gasteiger partial charge in [0.25, 0.3) is 0 Å². The minimum Gasteiger partial charge on any atom is -0.373 e. The largest absolute Gasteiger partial charge is 0.373 e. The molecule has 0 amide bonds. The third-order valence-corrected chi connectivity index (χ3v) is 2.67. The average Bonchev–Trinajstić information content (AvgIpc) is 2.68. The van der Waals surface area contributed by atoms with Crippen LogP contribution in [0, 0.1) is 0 Å². The van der Waals surface area contributed by atoms with Crippen LogP contribution in [0.25, 0.3) is 11.2 Å². The van der Waals surface area contributed by atoms with E-state index in [1.165, 1.54) is 0 Å². The number of nitrogens with zero attached hydrogens (tertiary/aromatic N) is 2. The summed E-state index contributed by atoms with van der Waals surface area (Å²) in [7, 11) is 1.86. The second kappa shape index (κ2) is 4.94. The zero-order valence-electron chi connectivity index (χ0n) is 11.5. The van der Waals surface area contributed by atoms with Crippen LogP contribution in [0.1, 0.15) is 26.6 Å². The fraction of sp³-hybridized carbons (Fsp3) is 0.538. The van der Waals surface area contributed by atoms with E-state index in [0.717, 1.165) is 35.8 Å². The van der Waals surface area contributed by atoms with Crippen molar-refractivity contribution in [1.29, 1.82) is 0 Å². The minimum atomic E-state index is 0.142. The summed E-state index contributed by atoms with van der Waals surface area (Å²) in [6, 6.07) is 3.94. The maximum Gasteiger partial charge on any atom is 0.179 e. The third-order valence-electron chi connectivity index (χ3n) is 2.67. The number of anilines is 1. The van der Waals surface area contributed by atoms with Crippen LogP contribution in [-0.4, -0.2) is 34.1 Å². The van der Waals surface area contributed by atoms with Crippen molar-refractivity contribution < 1.29 is 0 Å². The van der Waals surface area contributed by atoms with Gasteiger partial charge < -0.3 is 15.6 Å². The molecule has 18 heavy (non-hydrogen) atoms. The summed E-state index contributed by atoms with van der Waals surface area (Å²) in [6.07, 6.45) is 0.877. The lowest BCUT2D eigenvalue weighted by Crippen LogP contribution is -2.37. The number of hydrogen-bond acceptors (Lipinski definition) is 4. The van der Waals surface area contributed by atoms with E-state index < -0.39 is 0 Å². The van der Waals surface area contributed by atoms with Crippen LogP contribution in [0.4, 0.5) is 5.82 Å². The molecule has 2 rings (SSSR count). The van der Waals surface area contributed by atoms with Crippen LogP contribution >= 0.6 is 0 Å².